The SMILES string of the molecule is CC(C)(C)c1ccc(OCCSC(=N)N)cc1.Cl. The van der Waals surface area contributed by atoms with Crippen molar-refractivity contribution in [3.05, 3.63) is 29.8 Å². The molecule has 0 saturated carbocycles. The first-order valence-corrected chi connectivity index (χ1v) is 6.58. The number of hydrogen-bond acceptors (Lipinski definition) is 3. The van der Waals surface area contributed by atoms with Gasteiger partial charge in [0.25, 0.3) is 0 Å². The number of hydrogen-bond donors (Lipinski definition) is 2. The van der Waals surface area contributed by atoms with E-state index in [1.54, 1.807) is 0 Å². The van der Waals surface area contributed by atoms with Crippen LogP contribution >= 0.6 is 24.2 Å². The van der Waals surface area contributed by atoms with Crippen molar-refractivity contribution in [2.24, 2.45) is 5.73 Å². The molecule has 0 aliphatic heterocycles. The number of ether oxygens (including phenoxy) is 1. The van der Waals surface area contributed by atoms with Crippen molar-refractivity contribution in [3.63, 3.8) is 0 Å². The molecule has 1 aromatic rings. The van der Waals surface area contributed by atoms with Gasteiger partial charge in [-0.25, -0.2) is 0 Å². The lowest BCUT2D eigenvalue weighted by Gasteiger charge is -2.19. The number of amidine groups is 1. The monoisotopic (exact) mass is 288 g/mol. The van der Waals surface area contributed by atoms with Crippen LogP contribution in [0.25, 0.3) is 0 Å². The van der Waals surface area contributed by atoms with E-state index in [0.29, 0.717) is 12.4 Å². The van der Waals surface area contributed by atoms with Crippen molar-refractivity contribution in [1.29, 1.82) is 5.41 Å². The minimum atomic E-state index is 0. The molecule has 3 N–H and O–H groups in total. The molecule has 0 aliphatic rings. The second-order valence-corrected chi connectivity index (χ2v) is 5.97. The van der Waals surface area contributed by atoms with Gasteiger partial charge in [-0.15, -0.1) is 12.4 Å². The summed E-state index contributed by atoms with van der Waals surface area (Å²) in [5.41, 5.74) is 6.69. The lowest BCUT2D eigenvalue weighted by Crippen LogP contribution is -2.11. The predicted molar refractivity (Wildman–Crippen MR) is 82.3 cm³/mol. The van der Waals surface area contributed by atoms with Crippen LogP contribution in [0.4, 0.5) is 0 Å². The highest BCUT2D eigenvalue weighted by atomic mass is 35.5. The normalized spacial score (nSPS) is 10.6. The van der Waals surface area contributed by atoms with E-state index in [9.17, 15) is 0 Å². The van der Waals surface area contributed by atoms with Crippen LogP contribution in [0.15, 0.2) is 24.3 Å². The largest absolute Gasteiger partial charge is 0.493 e. The first kappa shape index (κ1) is 17.1. The Kier molecular flexibility index (Phi) is 7.18. The Morgan fingerprint density at radius 3 is 2.28 bits per heavy atom. The zero-order valence-electron chi connectivity index (χ0n) is 11.0. The van der Waals surface area contributed by atoms with Crippen molar-refractivity contribution in [2.75, 3.05) is 12.4 Å². The number of thioether (sulfide) groups is 1. The minimum absolute atomic E-state index is 0. The van der Waals surface area contributed by atoms with Gasteiger partial charge < -0.3 is 10.5 Å². The molecule has 0 unspecified atom stereocenters. The van der Waals surface area contributed by atoms with E-state index >= 15 is 0 Å². The Labute approximate surface area is 119 Å². The summed E-state index contributed by atoms with van der Waals surface area (Å²) in [7, 11) is 0. The van der Waals surface area contributed by atoms with Gasteiger partial charge in [0, 0.05) is 5.75 Å². The Morgan fingerprint density at radius 2 is 1.83 bits per heavy atom. The molecule has 18 heavy (non-hydrogen) atoms. The lowest BCUT2D eigenvalue weighted by atomic mass is 9.87. The fourth-order valence-electron chi connectivity index (χ4n) is 1.36. The summed E-state index contributed by atoms with van der Waals surface area (Å²) >= 11 is 1.29. The molecular formula is C13H21ClN2OS. The van der Waals surface area contributed by atoms with Crippen molar-refractivity contribution < 1.29 is 4.74 Å². The smallest absolute Gasteiger partial charge is 0.151 e. The fourth-order valence-corrected chi connectivity index (χ4v) is 1.75. The topological polar surface area (TPSA) is 59.1 Å². The summed E-state index contributed by atoms with van der Waals surface area (Å²) in [6, 6.07) is 8.15. The summed E-state index contributed by atoms with van der Waals surface area (Å²) < 4.78 is 5.55. The van der Waals surface area contributed by atoms with Crippen LogP contribution in [0.1, 0.15) is 26.3 Å². The van der Waals surface area contributed by atoms with E-state index in [4.69, 9.17) is 15.9 Å². The van der Waals surface area contributed by atoms with E-state index in [-0.39, 0.29) is 23.0 Å². The van der Waals surface area contributed by atoms with Crippen LogP contribution in [0.3, 0.4) is 0 Å². The molecule has 0 heterocycles. The molecule has 0 aromatic heterocycles. The zero-order valence-corrected chi connectivity index (χ0v) is 12.7. The average Bonchev–Trinajstić information content (AvgIpc) is 2.23. The molecule has 1 aromatic carbocycles. The van der Waals surface area contributed by atoms with Gasteiger partial charge in [0.2, 0.25) is 0 Å². The van der Waals surface area contributed by atoms with Crippen LogP contribution in [0, 0.1) is 5.41 Å². The molecule has 1 rings (SSSR count). The van der Waals surface area contributed by atoms with Gasteiger partial charge in [-0.3, -0.25) is 5.41 Å². The van der Waals surface area contributed by atoms with Crippen molar-refractivity contribution >= 4 is 29.3 Å². The molecule has 0 spiro atoms. The maximum atomic E-state index is 7.06. The molecule has 0 bridgehead atoms. The zero-order chi connectivity index (χ0) is 12.9. The number of nitrogens with two attached hydrogens (primary N) is 1. The third-order valence-corrected chi connectivity index (χ3v) is 3.01. The van der Waals surface area contributed by atoms with Gasteiger partial charge in [-0.2, -0.15) is 0 Å². The quantitative estimate of drug-likeness (QED) is 0.507. The first-order valence-electron chi connectivity index (χ1n) is 5.60. The van der Waals surface area contributed by atoms with E-state index in [1.807, 2.05) is 12.1 Å². The number of rotatable bonds is 4. The van der Waals surface area contributed by atoms with E-state index < -0.39 is 0 Å². The molecule has 5 heteroatoms. The molecule has 0 saturated heterocycles. The third kappa shape index (κ3) is 6.17. The Hall–Kier alpha value is -0.870. The fraction of sp³-hybridized carbons (Fsp3) is 0.462. The van der Waals surface area contributed by atoms with Crippen LogP contribution in [-0.2, 0) is 5.41 Å². The van der Waals surface area contributed by atoms with Crippen molar-refractivity contribution in [3.8, 4) is 5.75 Å². The van der Waals surface area contributed by atoms with Crippen molar-refractivity contribution in [1.82, 2.24) is 0 Å². The summed E-state index contributed by atoms with van der Waals surface area (Å²) in [6.45, 7) is 7.13. The maximum absolute atomic E-state index is 7.06. The molecule has 102 valence electrons. The Bertz CT molecular complexity index is 374. The summed E-state index contributed by atoms with van der Waals surface area (Å²) in [4.78, 5) is 0. The summed E-state index contributed by atoms with van der Waals surface area (Å²) in [5, 5.41) is 7.20. The van der Waals surface area contributed by atoms with Gasteiger partial charge in [-0.05, 0) is 23.1 Å². The minimum Gasteiger partial charge on any atom is -0.493 e. The van der Waals surface area contributed by atoms with Crippen LogP contribution < -0.4 is 10.5 Å². The van der Waals surface area contributed by atoms with Gasteiger partial charge in [-0.1, -0.05) is 44.7 Å². The highest BCUT2D eigenvalue weighted by Crippen LogP contribution is 2.24. The number of benzene rings is 1. The molecule has 0 atom stereocenters. The Balaban J connectivity index is 0.00000289. The highest BCUT2D eigenvalue weighted by molar-refractivity contribution is 8.13. The standard InChI is InChI=1S/C13H20N2OS.ClH/c1-13(2,3)10-4-6-11(7-5-10)16-8-9-17-12(14)15;/h4-7H,8-9H2,1-3H3,(H3,14,15);1H. The molecule has 0 fully saturated rings. The van der Waals surface area contributed by atoms with Gasteiger partial charge in [0.15, 0.2) is 5.17 Å². The summed E-state index contributed by atoms with van der Waals surface area (Å²) in [6.07, 6.45) is 0. The van der Waals surface area contributed by atoms with Gasteiger partial charge in [0.1, 0.15) is 5.75 Å². The summed E-state index contributed by atoms with van der Waals surface area (Å²) in [5.74, 6) is 1.57. The number of halogens is 1. The highest BCUT2D eigenvalue weighted by Gasteiger charge is 2.12. The average molecular weight is 289 g/mol. The molecule has 0 aliphatic carbocycles. The predicted octanol–water partition coefficient (Wildman–Crippen LogP) is 3.41. The van der Waals surface area contributed by atoms with Crippen LogP contribution in [0.5, 0.6) is 5.75 Å². The Morgan fingerprint density at radius 1 is 1.28 bits per heavy atom. The van der Waals surface area contributed by atoms with Crippen LogP contribution in [-0.4, -0.2) is 17.5 Å². The van der Waals surface area contributed by atoms with Crippen molar-refractivity contribution in [2.45, 2.75) is 26.2 Å². The lowest BCUT2D eigenvalue weighted by molar-refractivity contribution is 0.344. The van der Waals surface area contributed by atoms with Gasteiger partial charge >= 0.3 is 0 Å². The second kappa shape index (κ2) is 7.54. The van der Waals surface area contributed by atoms with Gasteiger partial charge in [0.05, 0.1) is 6.61 Å². The van der Waals surface area contributed by atoms with E-state index in [2.05, 4.69) is 32.9 Å². The van der Waals surface area contributed by atoms with E-state index in [1.165, 1.54) is 17.3 Å². The molecule has 3 nitrogen and oxygen atoms in total. The third-order valence-electron chi connectivity index (χ3n) is 2.33. The molecule has 0 amide bonds. The number of nitrogens with one attached hydrogen (secondary N) is 1. The van der Waals surface area contributed by atoms with E-state index in [0.717, 1.165) is 5.75 Å². The first-order chi connectivity index (χ1) is 7.89. The second-order valence-electron chi connectivity index (χ2n) is 4.84. The van der Waals surface area contributed by atoms with Crippen LogP contribution in [0.2, 0.25) is 0 Å². The molecular weight excluding hydrogens is 268 g/mol. The maximum Gasteiger partial charge on any atom is 0.151 e. The molecule has 0 radical (unpaired) electrons.